The highest BCUT2D eigenvalue weighted by Gasteiger charge is 2.12. The maximum atomic E-state index is 12.5. The molecule has 0 aliphatic carbocycles. The van der Waals surface area contributed by atoms with Gasteiger partial charge in [-0.25, -0.2) is 4.98 Å². The Bertz CT molecular complexity index is 1190. The molecule has 6 nitrogen and oxygen atoms in total. The monoisotopic (exact) mass is 433 g/mol. The highest BCUT2D eigenvalue weighted by atomic mass is 32.2. The summed E-state index contributed by atoms with van der Waals surface area (Å²) in [4.78, 5) is 17.0. The minimum absolute atomic E-state index is 0.129. The lowest BCUT2D eigenvalue weighted by Gasteiger charge is -2.11. The van der Waals surface area contributed by atoms with Crippen LogP contribution in [-0.2, 0) is 11.3 Å². The summed E-state index contributed by atoms with van der Waals surface area (Å²) in [6.45, 7) is 0.788. The number of hydrogen-bond donors (Lipinski definition) is 1. The van der Waals surface area contributed by atoms with Gasteiger partial charge in [-0.2, -0.15) is 0 Å². The second-order valence-corrected chi connectivity index (χ2v) is 7.85. The minimum Gasteiger partial charge on any atom is -0.497 e. The van der Waals surface area contributed by atoms with Gasteiger partial charge in [-0.1, -0.05) is 42.1 Å². The smallest absolute Gasteiger partial charge is 0.234 e. The van der Waals surface area contributed by atoms with Crippen molar-refractivity contribution in [3.63, 3.8) is 0 Å². The molecule has 0 radical (unpaired) electrons. The first kappa shape index (κ1) is 20.8. The molecule has 158 valence electrons. The van der Waals surface area contributed by atoms with Crippen LogP contribution in [0.25, 0.3) is 10.9 Å². The van der Waals surface area contributed by atoms with Crippen LogP contribution in [-0.4, -0.2) is 35.4 Å². The third kappa shape index (κ3) is 4.83. The average Bonchev–Trinajstić information content (AvgIpc) is 3.22. The Kier molecular flexibility index (Phi) is 6.43. The van der Waals surface area contributed by atoms with Crippen molar-refractivity contribution in [3.05, 3.63) is 78.6 Å². The zero-order chi connectivity index (χ0) is 21.6. The van der Waals surface area contributed by atoms with Crippen LogP contribution in [0.2, 0.25) is 0 Å². The van der Waals surface area contributed by atoms with Gasteiger partial charge in [-0.3, -0.25) is 4.79 Å². The number of thioether (sulfide) groups is 1. The first-order valence-corrected chi connectivity index (χ1v) is 10.8. The molecular formula is C24H23N3O3S. The van der Waals surface area contributed by atoms with Crippen molar-refractivity contribution < 1.29 is 14.3 Å². The van der Waals surface area contributed by atoms with E-state index in [9.17, 15) is 4.79 Å². The Morgan fingerprint density at radius 1 is 1.06 bits per heavy atom. The van der Waals surface area contributed by atoms with Crippen LogP contribution < -0.4 is 14.8 Å². The lowest BCUT2D eigenvalue weighted by atomic mass is 10.2. The van der Waals surface area contributed by atoms with Crippen LogP contribution in [0, 0.1) is 0 Å². The largest absolute Gasteiger partial charge is 0.497 e. The van der Waals surface area contributed by atoms with E-state index < -0.39 is 0 Å². The molecule has 2 heterocycles. The Balaban J connectivity index is 1.45. The van der Waals surface area contributed by atoms with Gasteiger partial charge in [0.15, 0.2) is 0 Å². The standard InChI is InChI=1S/C24H23N3O3S/c1-29-18-8-9-20(22(14-18)30-2)26-23(28)16-31-24-19-11-13-27(21(19)10-12-25-24)15-17-6-4-3-5-7-17/h3-14H,15-16H2,1-2H3,(H,26,28). The topological polar surface area (TPSA) is 65.4 Å². The summed E-state index contributed by atoms with van der Waals surface area (Å²) in [6, 6.07) is 19.7. The first-order valence-electron chi connectivity index (χ1n) is 9.80. The van der Waals surface area contributed by atoms with E-state index in [-0.39, 0.29) is 11.7 Å². The molecule has 0 saturated heterocycles. The minimum atomic E-state index is -0.129. The molecule has 0 unspecified atom stereocenters. The molecule has 1 N–H and O–H groups in total. The number of rotatable bonds is 8. The van der Waals surface area contributed by atoms with Gasteiger partial charge in [0, 0.05) is 30.4 Å². The van der Waals surface area contributed by atoms with Crippen molar-refractivity contribution >= 4 is 34.3 Å². The highest BCUT2D eigenvalue weighted by molar-refractivity contribution is 8.00. The summed E-state index contributed by atoms with van der Waals surface area (Å²) in [5.41, 5.74) is 2.94. The van der Waals surface area contributed by atoms with Gasteiger partial charge >= 0.3 is 0 Å². The number of methoxy groups -OCH3 is 2. The van der Waals surface area contributed by atoms with Gasteiger partial charge in [0.05, 0.1) is 31.2 Å². The van der Waals surface area contributed by atoms with E-state index in [1.807, 2.05) is 24.3 Å². The second kappa shape index (κ2) is 9.57. The average molecular weight is 434 g/mol. The summed E-state index contributed by atoms with van der Waals surface area (Å²) >= 11 is 1.42. The zero-order valence-corrected chi connectivity index (χ0v) is 18.2. The highest BCUT2D eigenvalue weighted by Crippen LogP contribution is 2.30. The molecule has 1 amide bonds. The molecule has 0 spiro atoms. The number of carbonyl (C=O) groups excluding carboxylic acids is 1. The van der Waals surface area contributed by atoms with Crippen molar-refractivity contribution in [2.75, 3.05) is 25.3 Å². The summed E-state index contributed by atoms with van der Waals surface area (Å²) in [5.74, 6) is 1.33. The van der Waals surface area contributed by atoms with Crippen LogP contribution in [0.5, 0.6) is 11.5 Å². The van der Waals surface area contributed by atoms with E-state index in [1.165, 1.54) is 17.3 Å². The number of nitrogens with one attached hydrogen (secondary N) is 1. The molecule has 2 aromatic heterocycles. The number of aromatic nitrogens is 2. The molecule has 0 bridgehead atoms. The number of fused-ring (bicyclic) bond motifs is 1. The Morgan fingerprint density at radius 2 is 1.90 bits per heavy atom. The number of amides is 1. The summed E-state index contributed by atoms with van der Waals surface area (Å²) in [5, 5.41) is 4.77. The molecule has 0 fully saturated rings. The molecular weight excluding hydrogens is 410 g/mol. The van der Waals surface area contributed by atoms with E-state index >= 15 is 0 Å². The van der Waals surface area contributed by atoms with Crippen LogP contribution >= 0.6 is 11.8 Å². The Hall–Kier alpha value is -3.45. The Morgan fingerprint density at radius 3 is 2.68 bits per heavy atom. The van der Waals surface area contributed by atoms with Crippen molar-refractivity contribution in [2.24, 2.45) is 0 Å². The number of carbonyl (C=O) groups is 1. The van der Waals surface area contributed by atoms with E-state index in [0.717, 1.165) is 22.5 Å². The van der Waals surface area contributed by atoms with Gasteiger partial charge in [0.25, 0.3) is 0 Å². The van der Waals surface area contributed by atoms with Crippen LogP contribution in [0.15, 0.2) is 78.1 Å². The van der Waals surface area contributed by atoms with Gasteiger partial charge in [-0.15, -0.1) is 0 Å². The van der Waals surface area contributed by atoms with Gasteiger partial charge in [-0.05, 0) is 29.8 Å². The van der Waals surface area contributed by atoms with Crippen LogP contribution in [0.1, 0.15) is 5.56 Å². The molecule has 0 aliphatic rings. The van der Waals surface area contributed by atoms with Crippen LogP contribution in [0.4, 0.5) is 5.69 Å². The molecule has 2 aromatic carbocycles. The lowest BCUT2D eigenvalue weighted by molar-refractivity contribution is -0.113. The van der Waals surface area contributed by atoms with E-state index in [0.29, 0.717) is 17.2 Å². The molecule has 4 rings (SSSR count). The Labute approximate surface area is 185 Å². The number of ether oxygens (including phenoxy) is 2. The number of pyridine rings is 1. The third-order valence-corrected chi connectivity index (χ3v) is 5.88. The number of hydrogen-bond acceptors (Lipinski definition) is 5. The molecule has 0 aliphatic heterocycles. The fraction of sp³-hybridized carbons (Fsp3) is 0.167. The maximum absolute atomic E-state index is 12.5. The zero-order valence-electron chi connectivity index (χ0n) is 17.4. The number of nitrogens with zero attached hydrogens (tertiary/aromatic N) is 2. The van der Waals surface area contributed by atoms with E-state index in [4.69, 9.17) is 9.47 Å². The van der Waals surface area contributed by atoms with Crippen molar-refractivity contribution in [1.82, 2.24) is 9.55 Å². The maximum Gasteiger partial charge on any atom is 0.234 e. The number of benzene rings is 2. The predicted octanol–water partition coefficient (Wildman–Crippen LogP) is 4.83. The summed E-state index contributed by atoms with van der Waals surface area (Å²) < 4.78 is 12.7. The number of anilines is 1. The van der Waals surface area contributed by atoms with Gasteiger partial charge < -0.3 is 19.4 Å². The van der Waals surface area contributed by atoms with Gasteiger partial charge in [0.1, 0.15) is 16.5 Å². The van der Waals surface area contributed by atoms with E-state index in [2.05, 4.69) is 39.3 Å². The van der Waals surface area contributed by atoms with Crippen molar-refractivity contribution in [2.45, 2.75) is 11.6 Å². The third-order valence-electron chi connectivity index (χ3n) is 4.88. The SMILES string of the molecule is COc1ccc(NC(=O)CSc2nccc3c2ccn3Cc2ccccc2)c(OC)c1. The first-order chi connectivity index (χ1) is 15.2. The van der Waals surface area contributed by atoms with Gasteiger partial charge in [0.2, 0.25) is 5.91 Å². The fourth-order valence-electron chi connectivity index (χ4n) is 3.35. The quantitative estimate of drug-likeness (QED) is 0.403. The fourth-order valence-corrected chi connectivity index (χ4v) is 4.15. The molecule has 31 heavy (non-hydrogen) atoms. The normalized spacial score (nSPS) is 10.8. The van der Waals surface area contributed by atoms with Crippen molar-refractivity contribution in [1.29, 1.82) is 0 Å². The van der Waals surface area contributed by atoms with Crippen LogP contribution in [0.3, 0.4) is 0 Å². The summed E-state index contributed by atoms with van der Waals surface area (Å²) in [6.07, 6.45) is 3.85. The molecule has 7 heteroatoms. The van der Waals surface area contributed by atoms with Crippen molar-refractivity contribution in [3.8, 4) is 11.5 Å². The predicted molar refractivity (Wildman–Crippen MR) is 124 cm³/mol. The molecule has 0 saturated carbocycles. The summed E-state index contributed by atoms with van der Waals surface area (Å²) in [7, 11) is 3.15. The second-order valence-electron chi connectivity index (χ2n) is 6.88. The lowest BCUT2D eigenvalue weighted by Crippen LogP contribution is -2.14. The molecule has 4 aromatic rings. The van der Waals surface area contributed by atoms with E-state index in [1.54, 1.807) is 38.6 Å². The molecule has 0 atom stereocenters.